The SMILES string of the molecule is COCCOc1cc(F)cc(F)c1-c1c(-c2cc3n(n2)C(C)C(C)NC3)nc(OS(=O)(=O)C(F)(F)F)c2ccsc12. The molecule has 1 N–H and O–H groups in total. The summed E-state index contributed by atoms with van der Waals surface area (Å²) in [4.78, 5) is 4.18. The molecule has 0 saturated carbocycles. The molecular formula is C25H23F5N4O5S2. The van der Waals surface area contributed by atoms with Crippen molar-refractivity contribution < 1.29 is 44.0 Å². The van der Waals surface area contributed by atoms with Crippen molar-refractivity contribution in [3.05, 3.63) is 47.0 Å². The highest BCUT2D eigenvalue weighted by Gasteiger charge is 2.49. The summed E-state index contributed by atoms with van der Waals surface area (Å²) in [6.45, 7) is 4.27. The van der Waals surface area contributed by atoms with Crippen LogP contribution in [0.1, 0.15) is 25.6 Å². The highest BCUT2D eigenvalue weighted by Crippen LogP contribution is 2.47. The van der Waals surface area contributed by atoms with Crippen LogP contribution in [-0.4, -0.2) is 55.1 Å². The molecule has 41 heavy (non-hydrogen) atoms. The van der Waals surface area contributed by atoms with Gasteiger partial charge in [0.05, 0.1) is 34.0 Å². The molecule has 0 bridgehead atoms. The minimum absolute atomic E-state index is 0.0146. The number of benzene rings is 1. The molecule has 9 nitrogen and oxygen atoms in total. The number of aromatic nitrogens is 3. The van der Waals surface area contributed by atoms with Crippen molar-refractivity contribution in [2.45, 2.75) is 38.0 Å². The molecule has 1 aliphatic rings. The summed E-state index contributed by atoms with van der Waals surface area (Å²) < 4.78 is 111. The van der Waals surface area contributed by atoms with Crippen LogP contribution in [0.2, 0.25) is 0 Å². The molecule has 1 aliphatic heterocycles. The van der Waals surface area contributed by atoms with Crippen LogP contribution in [0.5, 0.6) is 11.6 Å². The van der Waals surface area contributed by atoms with E-state index in [9.17, 15) is 26.0 Å². The van der Waals surface area contributed by atoms with Crippen molar-refractivity contribution in [2.75, 3.05) is 20.3 Å². The summed E-state index contributed by atoms with van der Waals surface area (Å²) in [5.74, 6) is -3.06. The standard InChI is InChI=1S/C25H23F5N4O5S2/c1-12-13(2)34-15(11-31-12)10-18(33-34)22-21(20-17(27)8-14(26)9-19(20)38-6-5-37-3)23-16(4-7-40-23)24(32-22)39-41(35,36)25(28,29)30/h4,7-10,12-13,31H,5-6,11H2,1-3H3. The molecule has 220 valence electrons. The number of nitrogens with one attached hydrogen (secondary N) is 1. The van der Waals surface area contributed by atoms with Gasteiger partial charge in [-0.15, -0.1) is 11.3 Å². The average Bonchev–Trinajstić information content (AvgIpc) is 3.54. The molecule has 0 spiro atoms. The van der Waals surface area contributed by atoms with E-state index in [0.29, 0.717) is 18.3 Å². The minimum atomic E-state index is -6.11. The fourth-order valence-electron chi connectivity index (χ4n) is 4.45. The maximum absolute atomic E-state index is 15.6. The molecule has 0 fully saturated rings. The molecule has 3 aromatic heterocycles. The van der Waals surface area contributed by atoms with E-state index in [1.54, 1.807) is 10.7 Å². The van der Waals surface area contributed by atoms with E-state index < -0.39 is 33.1 Å². The number of thiophene rings is 1. The normalized spacial score (nSPS) is 17.6. The molecule has 0 aliphatic carbocycles. The van der Waals surface area contributed by atoms with Crippen molar-refractivity contribution in [1.82, 2.24) is 20.1 Å². The van der Waals surface area contributed by atoms with Crippen LogP contribution < -0.4 is 14.2 Å². The zero-order valence-electron chi connectivity index (χ0n) is 21.8. The maximum atomic E-state index is 15.6. The maximum Gasteiger partial charge on any atom is 0.534 e. The Hall–Kier alpha value is -3.34. The molecule has 2 atom stereocenters. The lowest BCUT2D eigenvalue weighted by Crippen LogP contribution is -2.39. The van der Waals surface area contributed by atoms with Gasteiger partial charge in [-0.3, -0.25) is 4.68 Å². The van der Waals surface area contributed by atoms with Crippen LogP contribution >= 0.6 is 11.3 Å². The van der Waals surface area contributed by atoms with Crippen molar-refractivity contribution in [3.8, 4) is 34.1 Å². The van der Waals surface area contributed by atoms with Gasteiger partial charge in [-0.25, -0.2) is 13.8 Å². The second kappa shape index (κ2) is 10.8. The van der Waals surface area contributed by atoms with E-state index in [-0.39, 0.29) is 63.6 Å². The number of ether oxygens (including phenoxy) is 2. The Balaban J connectivity index is 1.82. The van der Waals surface area contributed by atoms with E-state index in [1.165, 1.54) is 18.6 Å². The van der Waals surface area contributed by atoms with Crippen molar-refractivity contribution >= 4 is 31.5 Å². The predicted molar refractivity (Wildman–Crippen MR) is 140 cm³/mol. The second-order valence-corrected chi connectivity index (χ2v) is 11.7. The van der Waals surface area contributed by atoms with Gasteiger partial charge in [0.2, 0.25) is 5.88 Å². The third-order valence-corrected chi connectivity index (χ3v) is 8.51. The van der Waals surface area contributed by atoms with Gasteiger partial charge >= 0.3 is 15.6 Å². The van der Waals surface area contributed by atoms with E-state index in [1.807, 2.05) is 13.8 Å². The zero-order valence-corrected chi connectivity index (χ0v) is 23.4. The molecule has 0 amide bonds. The Morgan fingerprint density at radius 2 is 1.90 bits per heavy atom. The Morgan fingerprint density at radius 3 is 2.61 bits per heavy atom. The van der Waals surface area contributed by atoms with Crippen molar-refractivity contribution in [3.63, 3.8) is 0 Å². The van der Waals surface area contributed by atoms with Gasteiger partial charge in [-0.2, -0.15) is 26.7 Å². The third kappa shape index (κ3) is 5.36. The molecule has 4 heterocycles. The van der Waals surface area contributed by atoms with Crippen LogP contribution in [-0.2, 0) is 21.4 Å². The largest absolute Gasteiger partial charge is 0.534 e. The Morgan fingerprint density at radius 1 is 1.15 bits per heavy atom. The number of rotatable bonds is 8. The van der Waals surface area contributed by atoms with Gasteiger partial charge in [0.1, 0.15) is 35.4 Å². The summed E-state index contributed by atoms with van der Waals surface area (Å²) >= 11 is 0.967. The van der Waals surface area contributed by atoms with E-state index >= 15 is 4.39 Å². The van der Waals surface area contributed by atoms with Gasteiger partial charge in [-0.1, -0.05) is 0 Å². The molecule has 4 aromatic rings. The van der Waals surface area contributed by atoms with E-state index in [4.69, 9.17) is 9.47 Å². The fraction of sp³-hybridized carbons (Fsp3) is 0.360. The number of hydrogen-bond donors (Lipinski definition) is 1. The summed E-state index contributed by atoms with van der Waals surface area (Å²) in [7, 11) is -4.69. The van der Waals surface area contributed by atoms with Gasteiger partial charge < -0.3 is 19.0 Å². The summed E-state index contributed by atoms with van der Waals surface area (Å²) in [6.07, 6.45) is 0. The summed E-state index contributed by atoms with van der Waals surface area (Å²) in [6, 6.07) is 4.37. The first kappa shape index (κ1) is 29.2. The van der Waals surface area contributed by atoms with Gasteiger partial charge in [-0.05, 0) is 31.4 Å². The van der Waals surface area contributed by atoms with Gasteiger partial charge in [0.15, 0.2) is 0 Å². The predicted octanol–water partition coefficient (Wildman–Crippen LogP) is 5.41. The Labute approximate surface area is 235 Å². The van der Waals surface area contributed by atoms with Crippen LogP contribution in [0.4, 0.5) is 22.0 Å². The average molecular weight is 619 g/mol. The van der Waals surface area contributed by atoms with Crippen molar-refractivity contribution in [2.24, 2.45) is 0 Å². The molecular weight excluding hydrogens is 595 g/mol. The molecule has 16 heteroatoms. The van der Waals surface area contributed by atoms with Crippen molar-refractivity contribution in [1.29, 1.82) is 0 Å². The number of nitrogens with zero attached hydrogens (tertiary/aromatic N) is 3. The van der Waals surface area contributed by atoms with Crippen LogP contribution in [0, 0.1) is 11.6 Å². The van der Waals surface area contributed by atoms with Gasteiger partial charge in [0.25, 0.3) is 0 Å². The molecule has 2 unspecified atom stereocenters. The molecule has 0 radical (unpaired) electrons. The van der Waals surface area contributed by atoms with E-state index in [2.05, 4.69) is 19.6 Å². The number of methoxy groups -OCH3 is 1. The van der Waals surface area contributed by atoms with E-state index in [0.717, 1.165) is 17.4 Å². The lowest BCUT2D eigenvalue weighted by atomic mass is 9.98. The Bertz CT molecular complexity index is 1720. The van der Waals surface area contributed by atoms with Crippen LogP contribution in [0.3, 0.4) is 0 Å². The van der Waals surface area contributed by atoms with Gasteiger partial charge in [0, 0.05) is 37.4 Å². The first-order valence-corrected chi connectivity index (χ1v) is 14.5. The number of alkyl halides is 3. The molecule has 5 rings (SSSR count). The third-order valence-electron chi connectivity index (χ3n) is 6.63. The highest BCUT2D eigenvalue weighted by molar-refractivity contribution is 7.88. The van der Waals surface area contributed by atoms with Crippen LogP contribution in [0.25, 0.3) is 32.6 Å². The summed E-state index contributed by atoms with van der Waals surface area (Å²) in [5, 5.41) is 9.21. The summed E-state index contributed by atoms with van der Waals surface area (Å²) in [5.41, 5.74) is -5.34. The smallest absolute Gasteiger partial charge is 0.490 e. The highest BCUT2D eigenvalue weighted by atomic mass is 32.2. The molecule has 1 aromatic carbocycles. The topological polar surface area (TPSA) is 105 Å². The second-order valence-electron chi connectivity index (χ2n) is 9.26. The number of hydrogen-bond acceptors (Lipinski definition) is 9. The number of fused-ring (bicyclic) bond motifs is 2. The molecule has 0 saturated heterocycles. The lowest BCUT2D eigenvalue weighted by molar-refractivity contribution is -0.0500. The first-order chi connectivity index (χ1) is 19.3. The monoisotopic (exact) mass is 618 g/mol. The van der Waals surface area contributed by atoms with Crippen LogP contribution in [0.15, 0.2) is 29.6 Å². The quantitative estimate of drug-likeness (QED) is 0.121. The minimum Gasteiger partial charge on any atom is -0.490 e. The number of halogens is 5. The Kier molecular flexibility index (Phi) is 7.69. The lowest BCUT2D eigenvalue weighted by Gasteiger charge is -2.28. The first-order valence-electron chi connectivity index (χ1n) is 12.2. The zero-order chi connectivity index (χ0) is 29.7. The number of pyridine rings is 1. The fourth-order valence-corrected chi connectivity index (χ4v) is 5.82.